The number of allylic oxidation sites excluding steroid dienone is 1. The molecule has 1 aliphatic rings. The van der Waals surface area contributed by atoms with Crippen LogP contribution in [0, 0.1) is 0 Å². The first-order chi connectivity index (χ1) is 6.84. The number of para-hydroxylation sites is 1. The number of aromatic nitrogens is 1. The average molecular weight is 181 g/mol. The fourth-order valence-electron chi connectivity index (χ4n) is 1.70. The second-order valence-corrected chi connectivity index (χ2v) is 3.31. The number of carbonyl (C=O) groups is 1. The normalized spacial score (nSPS) is 13.6. The topological polar surface area (TPSA) is 30.0 Å². The lowest BCUT2D eigenvalue weighted by atomic mass is 10.1. The number of carbonyl (C=O) groups excluding carboxylic acids is 1. The van der Waals surface area contributed by atoms with E-state index in [1.165, 1.54) is 0 Å². The van der Waals surface area contributed by atoms with Crippen LogP contribution in [-0.2, 0) is 0 Å². The van der Waals surface area contributed by atoms with Gasteiger partial charge >= 0.3 is 0 Å². The summed E-state index contributed by atoms with van der Waals surface area (Å²) in [6, 6.07) is 9.71. The Morgan fingerprint density at radius 2 is 1.93 bits per heavy atom. The van der Waals surface area contributed by atoms with Crippen LogP contribution < -0.4 is 0 Å². The molecule has 1 aromatic carbocycles. The zero-order chi connectivity index (χ0) is 9.54. The molecule has 66 valence electrons. The lowest BCUT2D eigenvalue weighted by Gasteiger charge is -2.00. The fraction of sp³-hybridized carbons (Fsp3) is 0. The lowest BCUT2D eigenvalue weighted by Crippen LogP contribution is -1.94. The number of rotatable bonds is 0. The highest BCUT2D eigenvalue weighted by atomic mass is 16.1. The van der Waals surface area contributed by atoms with Crippen LogP contribution >= 0.6 is 0 Å². The van der Waals surface area contributed by atoms with E-state index >= 15 is 0 Å². The van der Waals surface area contributed by atoms with Gasteiger partial charge in [0.25, 0.3) is 0 Å². The number of ketones is 1. The van der Waals surface area contributed by atoms with Gasteiger partial charge in [-0.15, -0.1) is 0 Å². The molecule has 0 N–H and O–H groups in total. The highest BCUT2D eigenvalue weighted by Gasteiger charge is 2.15. The number of hydrogen-bond donors (Lipinski definition) is 0. The van der Waals surface area contributed by atoms with Crippen LogP contribution in [0.3, 0.4) is 0 Å². The van der Waals surface area contributed by atoms with Gasteiger partial charge in [0, 0.05) is 10.9 Å². The van der Waals surface area contributed by atoms with E-state index in [1.807, 2.05) is 30.3 Å². The summed E-state index contributed by atoms with van der Waals surface area (Å²) >= 11 is 0. The Bertz CT molecular complexity index is 570. The van der Waals surface area contributed by atoms with Crippen molar-refractivity contribution in [2.75, 3.05) is 0 Å². The molecule has 0 radical (unpaired) electrons. The minimum atomic E-state index is 0.0539. The highest BCUT2D eigenvalue weighted by molar-refractivity contribution is 6.14. The van der Waals surface area contributed by atoms with E-state index in [9.17, 15) is 4.79 Å². The zero-order valence-corrected chi connectivity index (χ0v) is 7.40. The van der Waals surface area contributed by atoms with Gasteiger partial charge in [-0.05, 0) is 24.3 Å². The third kappa shape index (κ3) is 0.909. The van der Waals surface area contributed by atoms with Crippen LogP contribution in [-0.4, -0.2) is 10.8 Å². The van der Waals surface area contributed by atoms with Crippen molar-refractivity contribution in [1.82, 2.24) is 4.98 Å². The summed E-state index contributed by atoms with van der Waals surface area (Å²) in [5, 5.41) is 1.02. The summed E-state index contributed by atoms with van der Waals surface area (Å²) in [7, 11) is 0. The monoisotopic (exact) mass is 181 g/mol. The van der Waals surface area contributed by atoms with Crippen LogP contribution in [0.2, 0.25) is 0 Å². The summed E-state index contributed by atoms with van der Waals surface area (Å²) in [6.07, 6.45) is 3.33. The molecule has 1 heterocycles. The van der Waals surface area contributed by atoms with Crippen molar-refractivity contribution in [2.45, 2.75) is 0 Å². The van der Waals surface area contributed by atoms with Crippen molar-refractivity contribution in [3.63, 3.8) is 0 Å². The van der Waals surface area contributed by atoms with Crippen LogP contribution in [0.15, 0.2) is 36.4 Å². The molecule has 1 aromatic heterocycles. The van der Waals surface area contributed by atoms with Gasteiger partial charge in [0.05, 0.1) is 11.2 Å². The standard InChI is InChI=1S/C12H7NO/c14-12-6-5-11-9(12)7-8-3-1-2-4-10(8)13-11/h1-7H. The molecule has 0 amide bonds. The molecule has 3 rings (SSSR count). The number of nitrogens with zero attached hydrogens (tertiary/aromatic N) is 1. The number of hydrogen-bond acceptors (Lipinski definition) is 2. The van der Waals surface area contributed by atoms with E-state index in [0.29, 0.717) is 5.56 Å². The third-order valence-electron chi connectivity index (χ3n) is 2.41. The summed E-state index contributed by atoms with van der Waals surface area (Å²) in [4.78, 5) is 15.8. The van der Waals surface area contributed by atoms with Gasteiger partial charge in [0.2, 0.25) is 0 Å². The second kappa shape index (κ2) is 2.51. The molecular formula is C12H7NO. The predicted molar refractivity (Wildman–Crippen MR) is 55.1 cm³/mol. The molecule has 0 spiro atoms. The van der Waals surface area contributed by atoms with Crippen LogP contribution in [0.4, 0.5) is 0 Å². The Labute approximate surface area is 80.9 Å². The Morgan fingerprint density at radius 3 is 2.86 bits per heavy atom. The maximum absolute atomic E-state index is 11.4. The van der Waals surface area contributed by atoms with Crippen molar-refractivity contribution in [1.29, 1.82) is 0 Å². The first-order valence-corrected chi connectivity index (χ1v) is 4.47. The molecule has 14 heavy (non-hydrogen) atoms. The first-order valence-electron chi connectivity index (χ1n) is 4.47. The minimum absolute atomic E-state index is 0.0539. The molecule has 2 aromatic rings. The molecule has 0 saturated carbocycles. The molecule has 2 nitrogen and oxygen atoms in total. The van der Waals surface area contributed by atoms with Crippen molar-refractivity contribution < 1.29 is 4.79 Å². The minimum Gasteiger partial charge on any atom is -0.289 e. The van der Waals surface area contributed by atoms with Crippen molar-refractivity contribution in [3.8, 4) is 0 Å². The maximum Gasteiger partial charge on any atom is 0.188 e. The first kappa shape index (κ1) is 7.44. The highest BCUT2D eigenvalue weighted by Crippen LogP contribution is 2.22. The fourth-order valence-corrected chi connectivity index (χ4v) is 1.70. The van der Waals surface area contributed by atoms with E-state index < -0.39 is 0 Å². The van der Waals surface area contributed by atoms with Gasteiger partial charge in [-0.25, -0.2) is 4.98 Å². The molecule has 0 fully saturated rings. The molecule has 0 unspecified atom stereocenters. The molecule has 1 aliphatic carbocycles. The smallest absolute Gasteiger partial charge is 0.188 e. The lowest BCUT2D eigenvalue weighted by molar-refractivity contribution is 0.105. The predicted octanol–water partition coefficient (Wildman–Crippen LogP) is 2.44. The molecule has 0 saturated heterocycles. The van der Waals surface area contributed by atoms with Gasteiger partial charge in [-0.2, -0.15) is 0 Å². The van der Waals surface area contributed by atoms with Crippen LogP contribution in [0.5, 0.6) is 0 Å². The molecule has 2 heteroatoms. The third-order valence-corrected chi connectivity index (χ3v) is 2.41. The SMILES string of the molecule is O=C1C=Cc2nc3ccccc3cc21. The number of pyridine rings is 1. The van der Waals surface area contributed by atoms with E-state index in [0.717, 1.165) is 16.6 Å². The largest absolute Gasteiger partial charge is 0.289 e. The Morgan fingerprint density at radius 1 is 1.07 bits per heavy atom. The van der Waals surface area contributed by atoms with Crippen LogP contribution in [0.25, 0.3) is 17.0 Å². The summed E-state index contributed by atoms with van der Waals surface area (Å²) in [5.41, 5.74) is 2.43. The van der Waals surface area contributed by atoms with Gasteiger partial charge in [0.1, 0.15) is 0 Å². The van der Waals surface area contributed by atoms with E-state index in [-0.39, 0.29) is 5.78 Å². The van der Waals surface area contributed by atoms with Crippen molar-refractivity contribution >= 4 is 22.8 Å². The van der Waals surface area contributed by atoms with Gasteiger partial charge in [-0.3, -0.25) is 4.79 Å². The Kier molecular flexibility index (Phi) is 1.34. The Hall–Kier alpha value is -1.96. The van der Waals surface area contributed by atoms with E-state index in [2.05, 4.69) is 4.98 Å². The van der Waals surface area contributed by atoms with Gasteiger partial charge < -0.3 is 0 Å². The van der Waals surface area contributed by atoms with Crippen molar-refractivity contribution in [3.05, 3.63) is 47.7 Å². The van der Waals surface area contributed by atoms with E-state index in [4.69, 9.17) is 0 Å². The van der Waals surface area contributed by atoms with E-state index in [1.54, 1.807) is 12.2 Å². The molecule has 0 bridgehead atoms. The number of benzene rings is 1. The second-order valence-electron chi connectivity index (χ2n) is 3.31. The molecular weight excluding hydrogens is 174 g/mol. The quantitative estimate of drug-likeness (QED) is 0.624. The molecule has 0 aliphatic heterocycles. The van der Waals surface area contributed by atoms with Gasteiger partial charge in [-0.1, -0.05) is 18.2 Å². The number of fused-ring (bicyclic) bond motifs is 2. The average Bonchev–Trinajstić information content (AvgIpc) is 2.57. The van der Waals surface area contributed by atoms with Crippen LogP contribution in [0.1, 0.15) is 16.1 Å². The maximum atomic E-state index is 11.4. The van der Waals surface area contributed by atoms with Crippen molar-refractivity contribution in [2.24, 2.45) is 0 Å². The molecule has 0 atom stereocenters. The Balaban J connectivity index is 2.42. The zero-order valence-electron chi connectivity index (χ0n) is 7.40. The van der Waals surface area contributed by atoms with Gasteiger partial charge in [0.15, 0.2) is 5.78 Å². The summed E-state index contributed by atoms with van der Waals surface area (Å²) in [5.74, 6) is 0.0539. The summed E-state index contributed by atoms with van der Waals surface area (Å²) < 4.78 is 0. The summed E-state index contributed by atoms with van der Waals surface area (Å²) in [6.45, 7) is 0.